The van der Waals surface area contributed by atoms with Crippen molar-refractivity contribution >= 4 is 5.97 Å². The number of carbonyl (C=O) groups excluding carboxylic acids is 1. The lowest BCUT2D eigenvalue weighted by molar-refractivity contribution is -0.140. The summed E-state index contributed by atoms with van der Waals surface area (Å²) in [6, 6.07) is 0. The minimum absolute atomic E-state index is 0.0787. The Hall–Kier alpha value is -0.610. The van der Waals surface area contributed by atoms with Gasteiger partial charge in [0.25, 0.3) is 0 Å². The highest BCUT2D eigenvalue weighted by atomic mass is 16.7. The van der Waals surface area contributed by atoms with Gasteiger partial charge in [-0.1, -0.05) is 51.4 Å². The van der Waals surface area contributed by atoms with Crippen LogP contribution in [-0.2, 0) is 19.0 Å². The van der Waals surface area contributed by atoms with Crippen molar-refractivity contribution in [3.63, 3.8) is 0 Å². The Labute approximate surface area is 129 Å². The summed E-state index contributed by atoms with van der Waals surface area (Å²) in [5.41, 5.74) is 0. The standard InChI is InChI=1S/C17H32O4/c1-19-16(18)12-10-8-6-4-2-3-5-7-9-11-13-17-20-14-15-21-17/h17H,2-15H2,1H3. The second-order valence-corrected chi connectivity index (χ2v) is 5.82. The molecule has 21 heavy (non-hydrogen) atoms. The molecule has 124 valence electrons. The molecule has 0 bridgehead atoms. The molecule has 0 aliphatic carbocycles. The number of hydrogen-bond acceptors (Lipinski definition) is 4. The minimum atomic E-state index is -0.0802. The first-order chi connectivity index (χ1) is 10.3. The molecule has 0 radical (unpaired) electrons. The van der Waals surface area contributed by atoms with Crippen LogP contribution in [-0.4, -0.2) is 32.6 Å². The molecule has 1 saturated heterocycles. The lowest BCUT2D eigenvalue weighted by Gasteiger charge is -2.08. The Balaban J connectivity index is 1.69. The van der Waals surface area contributed by atoms with Crippen LogP contribution in [0, 0.1) is 0 Å². The SMILES string of the molecule is COC(=O)CCCCCCCCCCCCC1OCCO1. The van der Waals surface area contributed by atoms with E-state index in [-0.39, 0.29) is 12.3 Å². The van der Waals surface area contributed by atoms with Crippen LogP contribution in [0.15, 0.2) is 0 Å². The molecule has 1 aliphatic rings. The van der Waals surface area contributed by atoms with Gasteiger partial charge in [0.15, 0.2) is 6.29 Å². The molecule has 0 aromatic rings. The smallest absolute Gasteiger partial charge is 0.305 e. The topological polar surface area (TPSA) is 44.8 Å². The third-order valence-electron chi connectivity index (χ3n) is 3.99. The van der Waals surface area contributed by atoms with Gasteiger partial charge < -0.3 is 14.2 Å². The van der Waals surface area contributed by atoms with Gasteiger partial charge in [0, 0.05) is 6.42 Å². The highest BCUT2D eigenvalue weighted by Gasteiger charge is 2.14. The molecule has 0 atom stereocenters. The molecule has 0 N–H and O–H groups in total. The third kappa shape index (κ3) is 10.7. The number of carbonyl (C=O) groups is 1. The predicted molar refractivity (Wildman–Crippen MR) is 83.1 cm³/mol. The van der Waals surface area contributed by atoms with Crippen molar-refractivity contribution in [2.75, 3.05) is 20.3 Å². The summed E-state index contributed by atoms with van der Waals surface area (Å²) in [6.07, 6.45) is 14.2. The molecule has 0 saturated carbocycles. The van der Waals surface area contributed by atoms with Crippen LogP contribution in [0.5, 0.6) is 0 Å². The fourth-order valence-corrected chi connectivity index (χ4v) is 2.67. The van der Waals surface area contributed by atoms with Gasteiger partial charge in [0.05, 0.1) is 20.3 Å². The zero-order valence-corrected chi connectivity index (χ0v) is 13.6. The fraction of sp³-hybridized carbons (Fsp3) is 0.941. The van der Waals surface area contributed by atoms with Crippen molar-refractivity contribution in [1.29, 1.82) is 0 Å². The lowest BCUT2D eigenvalue weighted by atomic mass is 10.1. The van der Waals surface area contributed by atoms with Crippen molar-refractivity contribution in [2.24, 2.45) is 0 Å². The molecule has 0 spiro atoms. The summed E-state index contributed by atoms with van der Waals surface area (Å²) in [5.74, 6) is -0.0802. The number of esters is 1. The lowest BCUT2D eigenvalue weighted by Crippen LogP contribution is -2.06. The quantitative estimate of drug-likeness (QED) is 0.377. The van der Waals surface area contributed by atoms with Gasteiger partial charge in [-0.2, -0.15) is 0 Å². The average molecular weight is 300 g/mol. The highest BCUT2D eigenvalue weighted by Crippen LogP contribution is 2.15. The molecule has 1 fully saturated rings. The molecule has 1 aliphatic heterocycles. The maximum absolute atomic E-state index is 10.9. The van der Waals surface area contributed by atoms with E-state index in [1.807, 2.05) is 0 Å². The molecule has 1 rings (SSSR count). The monoisotopic (exact) mass is 300 g/mol. The van der Waals surface area contributed by atoms with Crippen LogP contribution in [0.25, 0.3) is 0 Å². The van der Waals surface area contributed by atoms with Crippen LogP contribution in [0.4, 0.5) is 0 Å². The second kappa shape index (κ2) is 13.1. The molecule has 4 nitrogen and oxygen atoms in total. The van der Waals surface area contributed by atoms with Gasteiger partial charge >= 0.3 is 5.97 Å². The molecular formula is C17H32O4. The second-order valence-electron chi connectivity index (χ2n) is 5.82. The van der Waals surface area contributed by atoms with E-state index >= 15 is 0 Å². The first-order valence-electron chi connectivity index (χ1n) is 8.63. The Kier molecular flexibility index (Phi) is 11.5. The van der Waals surface area contributed by atoms with Crippen LogP contribution in [0.3, 0.4) is 0 Å². The van der Waals surface area contributed by atoms with Gasteiger partial charge in [0.2, 0.25) is 0 Å². The van der Waals surface area contributed by atoms with Crippen LogP contribution in [0.1, 0.15) is 77.0 Å². The molecule has 0 aromatic heterocycles. The summed E-state index contributed by atoms with van der Waals surface area (Å²) in [7, 11) is 1.45. The van der Waals surface area contributed by atoms with Crippen LogP contribution < -0.4 is 0 Å². The molecule has 1 heterocycles. The zero-order chi connectivity index (χ0) is 15.2. The fourth-order valence-electron chi connectivity index (χ4n) is 2.67. The van der Waals surface area contributed by atoms with E-state index < -0.39 is 0 Å². The maximum Gasteiger partial charge on any atom is 0.305 e. The number of ether oxygens (including phenoxy) is 3. The Morgan fingerprint density at radius 2 is 1.33 bits per heavy atom. The Morgan fingerprint density at radius 1 is 0.857 bits per heavy atom. The number of rotatable bonds is 13. The molecule has 4 heteroatoms. The van der Waals surface area contributed by atoms with Gasteiger partial charge in [-0.3, -0.25) is 4.79 Å². The number of methoxy groups -OCH3 is 1. The first kappa shape index (κ1) is 18.4. The minimum Gasteiger partial charge on any atom is -0.469 e. The summed E-state index contributed by atoms with van der Waals surface area (Å²) in [6.45, 7) is 1.54. The first-order valence-corrected chi connectivity index (χ1v) is 8.63. The molecule has 0 aromatic carbocycles. The van der Waals surface area contributed by atoms with E-state index in [1.165, 1.54) is 58.5 Å². The van der Waals surface area contributed by atoms with E-state index in [0.717, 1.165) is 32.5 Å². The summed E-state index contributed by atoms with van der Waals surface area (Å²) < 4.78 is 15.5. The van der Waals surface area contributed by atoms with E-state index in [1.54, 1.807) is 0 Å². The van der Waals surface area contributed by atoms with Crippen molar-refractivity contribution in [3.8, 4) is 0 Å². The van der Waals surface area contributed by atoms with Crippen molar-refractivity contribution in [2.45, 2.75) is 83.3 Å². The van der Waals surface area contributed by atoms with Gasteiger partial charge in [0.1, 0.15) is 0 Å². The van der Waals surface area contributed by atoms with Crippen molar-refractivity contribution in [3.05, 3.63) is 0 Å². The Bertz CT molecular complexity index is 249. The van der Waals surface area contributed by atoms with Crippen molar-refractivity contribution < 1.29 is 19.0 Å². The van der Waals surface area contributed by atoms with Crippen LogP contribution >= 0.6 is 0 Å². The molecular weight excluding hydrogens is 268 g/mol. The summed E-state index contributed by atoms with van der Waals surface area (Å²) in [5, 5.41) is 0. The number of unbranched alkanes of at least 4 members (excludes halogenated alkanes) is 9. The largest absolute Gasteiger partial charge is 0.469 e. The van der Waals surface area contributed by atoms with Gasteiger partial charge in [-0.25, -0.2) is 0 Å². The average Bonchev–Trinajstić information content (AvgIpc) is 3.01. The van der Waals surface area contributed by atoms with E-state index in [4.69, 9.17) is 9.47 Å². The number of hydrogen-bond donors (Lipinski definition) is 0. The van der Waals surface area contributed by atoms with Gasteiger partial charge in [-0.05, 0) is 19.3 Å². The third-order valence-corrected chi connectivity index (χ3v) is 3.99. The van der Waals surface area contributed by atoms with E-state index in [2.05, 4.69) is 4.74 Å². The summed E-state index contributed by atoms with van der Waals surface area (Å²) >= 11 is 0. The predicted octanol–water partition coefficient (Wildman–Crippen LogP) is 4.21. The van der Waals surface area contributed by atoms with E-state index in [0.29, 0.717) is 6.42 Å². The highest BCUT2D eigenvalue weighted by molar-refractivity contribution is 5.68. The van der Waals surface area contributed by atoms with Crippen molar-refractivity contribution in [1.82, 2.24) is 0 Å². The normalized spacial score (nSPS) is 15.5. The Morgan fingerprint density at radius 3 is 1.86 bits per heavy atom. The maximum atomic E-state index is 10.9. The van der Waals surface area contributed by atoms with Gasteiger partial charge in [-0.15, -0.1) is 0 Å². The van der Waals surface area contributed by atoms with E-state index in [9.17, 15) is 4.79 Å². The summed E-state index contributed by atoms with van der Waals surface area (Å²) in [4.78, 5) is 10.9. The molecule has 0 amide bonds. The van der Waals surface area contributed by atoms with Crippen LogP contribution in [0.2, 0.25) is 0 Å². The zero-order valence-electron chi connectivity index (χ0n) is 13.6. The molecule has 0 unspecified atom stereocenters.